The molecular weight excluding hydrogens is 306 g/mol. The van der Waals surface area contributed by atoms with Gasteiger partial charge in [0.15, 0.2) is 0 Å². The van der Waals surface area contributed by atoms with Gasteiger partial charge in [0.1, 0.15) is 5.75 Å². The summed E-state index contributed by atoms with van der Waals surface area (Å²) in [6.07, 6.45) is 6.60. The van der Waals surface area contributed by atoms with Crippen LogP contribution in [0.1, 0.15) is 5.56 Å². The summed E-state index contributed by atoms with van der Waals surface area (Å²) in [4.78, 5) is 27.7. The van der Waals surface area contributed by atoms with Crippen molar-refractivity contribution >= 4 is 28.3 Å². The molecule has 0 saturated carbocycles. The Bertz CT molecular complexity index is 1000. The third kappa shape index (κ3) is 2.16. The first-order valence-corrected chi connectivity index (χ1v) is 7.34. The van der Waals surface area contributed by atoms with Gasteiger partial charge in [-0.25, -0.2) is 0 Å². The summed E-state index contributed by atoms with van der Waals surface area (Å²) < 4.78 is 7.23. The van der Waals surface area contributed by atoms with Gasteiger partial charge < -0.3 is 9.30 Å². The zero-order chi connectivity index (χ0) is 16.7. The molecule has 2 aromatic heterocycles. The predicted octanol–water partition coefficient (Wildman–Crippen LogP) is 2.07. The second kappa shape index (κ2) is 5.34. The number of methoxy groups -OCH3 is 1. The first-order valence-electron chi connectivity index (χ1n) is 7.34. The van der Waals surface area contributed by atoms with E-state index in [0.29, 0.717) is 16.9 Å². The van der Waals surface area contributed by atoms with Crippen LogP contribution in [0.5, 0.6) is 5.75 Å². The summed E-state index contributed by atoms with van der Waals surface area (Å²) >= 11 is 0. The SMILES string of the molecule is COc1ccc2c(c1)c(C1=CC(=O)NC1=O)cn2-c1cccnc1. The highest BCUT2D eigenvalue weighted by atomic mass is 16.5. The summed E-state index contributed by atoms with van der Waals surface area (Å²) in [6, 6.07) is 9.39. The Labute approximate surface area is 137 Å². The number of pyridine rings is 1. The monoisotopic (exact) mass is 319 g/mol. The van der Waals surface area contributed by atoms with E-state index in [0.717, 1.165) is 16.6 Å². The van der Waals surface area contributed by atoms with Gasteiger partial charge in [0.25, 0.3) is 11.8 Å². The largest absolute Gasteiger partial charge is 0.497 e. The maximum absolute atomic E-state index is 12.1. The number of amides is 2. The van der Waals surface area contributed by atoms with Crippen molar-refractivity contribution in [1.29, 1.82) is 0 Å². The van der Waals surface area contributed by atoms with Crippen molar-refractivity contribution in [3.63, 3.8) is 0 Å². The minimum absolute atomic E-state index is 0.348. The number of carbonyl (C=O) groups is 2. The molecule has 0 aliphatic carbocycles. The standard InChI is InChI=1S/C18H13N3O3/c1-24-12-4-5-16-13(7-12)15(14-8-17(22)20-18(14)23)10-21(16)11-3-2-6-19-9-11/h2-10H,1H3,(H,20,22,23). The summed E-state index contributed by atoms with van der Waals surface area (Å²) in [6.45, 7) is 0. The molecule has 4 rings (SSSR count). The molecule has 0 unspecified atom stereocenters. The van der Waals surface area contributed by atoms with Crippen molar-refractivity contribution in [2.24, 2.45) is 0 Å². The molecule has 1 aliphatic heterocycles. The zero-order valence-corrected chi connectivity index (χ0v) is 12.8. The molecule has 6 heteroatoms. The lowest BCUT2D eigenvalue weighted by Crippen LogP contribution is -2.21. The molecule has 2 amide bonds. The molecule has 0 saturated heterocycles. The van der Waals surface area contributed by atoms with E-state index in [2.05, 4.69) is 10.3 Å². The molecule has 1 aliphatic rings. The van der Waals surface area contributed by atoms with Crippen molar-refractivity contribution in [2.75, 3.05) is 7.11 Å². The van der Waals surface area contributed by atoms with E-state index in [1.165, 1.54) is 6.08 Å². The summed E-state index contributed by atoms with van der Waals surface area (Å²) in [5.41, 5.74) is 2.79. The minimum atomic E-state index is -0.403. The molecule has 0 bridgehead atoms. The van der Waals surface area contributed by atoms with Crippen LogP contribution < -0.4 is 10.1 Å². The van der Waals surface area contributed by atoms with E-state index in [-0.39, 0.29) is 0 Å². The topological polar surface area (TPSA) is 73.2 Å². The van der Waals surface area contributed by atoms with Crippen molar-refractivity contribution in [1.82, 2.24) is 14.9 Å². The molecule has 1 N–H and O–H groups in total. The lowest BCUT2D eigenvalue weighted by molar-refractivity contribution is -0.123. The fourth-order valence-corrected chi connectivity index (χ4v) is 2.87. The van der Waals surface area contributed by atoms with Crippen LogP contribution in [0, 0.1) is 0 Å². The summed E-state index contributed by atoms with van der Waals surface area (Å²) in [5.74, 6) is -0.119. The van der Waals surface area contributed by atoms with Gasteiger partial charge in [-0.05, 0) is 30.3 Å². The third-order valence-corrected chi connectivity index (χ3v) is 3.98. The fraction of sp³-hybridized carbons (Fsp3) is 0.0556. The normalized spacial score (nSPS) is 14.0. The van der Waals surface area contributed by atoms with Gasteiger partial charge >= 0.3 is 0 Å². The van der Waals surface area contributed by atoms with Gasteiger partial charge in [0, 0.05) is 29.4 Å². The van der Waals surface area contributed by atoms with Gasteiger partial charge in [-0.3, -0.25) is 19.9 Å². The van der Waals surface area contributed by atoms with E-state index in [9.17, 15) is 9.59 Å². The van der Waals surface area contributed by atoms with Gasteiger partial charge in [0.2, 0.25) is 0 Å². The van der Waals surface area contributed by atoms with Crippen LogP contribution in [0.15, 0.2) is 55.0 Å². The van der Waals surface area contributed by atoms with Crippen LogP contribution in [0.4, 0.5) is 0 Å². The highest BCUT2D eigenvalue weighted by Gasteiger charge is 2.25. The van der Waals surface area contributed by atoms with Gasteiger partial charge in [0.05, 0.1) is 30.1 Å². The Morgan fingerprint density at radius 2 is 2.08 bits per heavy atom. The fourth-order valence-electron chi connectivity index (χ4n) is 2.87. The molecule has 24 heavy (non-hydrogen) atoms. The third-order valence-electron chi connectivity index (χ3n) is 3.98. The number of rotatable bonds is 3. The first kappa shape index (κ1) is 14.2. The molecule has 3 aromatic rings. The van der Waals surface area contributed by atoms with Crippen LogP contribution in [0.3, 0.4) is 0 Å². The first-order chi connectivity index (χ1) is 11.7. The lowest BCUT2D eigenvalue weighted by atomic mass is 10.1. The Kier molecular flexibility index (Phi) is 3.16. The molecule has 6 nitrogen and oxygen atoms in total. The number of carbonyl (C=O) groups excluding carboxylic acids is 2. The number of hydrogen-bond donors (Lipinski definition) is 1. The highest BCUT2D eigenvalue weighted by Crippen LogP contribution is 2.33. The minimum Gasteiger partial charge on any atom is -0.497 e. The van der Waals surface area contributed by atoms with Gasteiger partial charge in [-0.15, -0.1) is 0 Å². The number of nitrogens with zero attached hydrogens (tertiary/aromatic N) is 2. The van der Waals surface area contributed by atoms with Crippen molar-refractivity contribution < 1.29 is 14.3 Å². The smallest absolute Gasteiger partial charge is 0.258 e. The maximum atomic E-state index is 12.1. The number of hydrogen-bond acceptors (Lipinski definition) is 4. The number of ether oxygens (including phenoxy) is 1. The van der Waals surface area contributed by atoms with Crippen LogP contribution in [-0.2, 0) is 9.59 Å². The molecular formula is C18H13N3O3. The molecule has 3 heterocycles. The number of imide groups is 1. The number of nitrogens with one attached hydrogen (secondary N) is 1. The van der Waals surface area contributed by atoms with E-state index in [1.54, 1.807) is 19.5 Å². The molecule has 0 radical (unpaired) electrons. The quantitative estimate of drug-likeness (QED) is 0.750. The molecule has 118 valence electrons. The molecule has 1 aromatic carbocycles. The Morgan fingerprint density at radius 1 is 1.21 bits per heavy atom. The number of fused-ring (bicyclic) bond motifs is 1. The average molecular weight is 319 g/mol. The molecule has 0 spiro atoms. The van der Waals surface area contributed by atoms with E-state index in [4.69, 9.17) is 4.74 Å². The Balaban J connectivity index is 2.01. The van der Waals surface area contributed by atoms with Crippen LogP contribution >= 0.6 is 0 Å². The zero-order valence-electron chi connectivity index (χ0n) is 12.8. The summed E-state index contributed by atoms with van der Waals surface area (Å²) in [5, 5.41) is 3.11. The second-order valence-corrected chi connectivity index (χ2v) is 5.38. The van der Waals surface area contributed by atoms with Crippen LogP contribution in [0.25, 0.3) is 22.2 Å². The van der Waals surface area contributed by atoms with Crippen molar-refractivity contribution in [2.45, 2.75) is 0 Å². The van der Waals surface area contributed by atoms with Crippen molar-refractivity contribution in [3.8, 4) is 11.4 Å². The van der Waals surface area contributed by atoms with Crippen LogP contribution in [0.2, 0.25) is 0 Å². The maximum Gasteiger partial charge on any atom is 0.258 e. The average Bonchev–Trinajstić information content (AvgIpc) is 3.14. The van der Waals surface area contributed by atoms with Crippen LogP contribution in [-0.4, -0.2) is 28.5 Å². The Morgan fingerprint density at radius 3 is 2.75 bits per heavy atom. The van der Waals surface area contributed by atoms with E-state index in [1.807, 2.05) is 41.1 Å². The second-order valence-electron chi connectivity index (χ2n) is 5.38. The van der Waals surface area contributed by atoms with Gasteiger partial charge in [-0.1, -0.05) is 0 Å². The number of aromatic nitrogens is 2. The Hall–Kier alpha value is -3.41. The predicted molar refractivity (Wildman–Crippen MR) is 88.7 cm³/mol. The van der Waals surface area contributed by atoms with Crippen molar-refractivity contribution in [3.05, 3.63) is 60.6 Å². The lowest BCUT2D eigenvalue weighted by Gasteiger charge is -2.05. The highest BCUT2D eigenvalue weighted by molar-refractivity contribution is 6.35. The van der Waals surface area contributed by atoms with E-state index >= 15 is 0 Å². The van der Waals surface area contributed by atoms with Gasteiger partial charge in [-0.2, -0.15) is 0 Å². The summed E-state index contributed by atoms with van der Waals surface area (Å²) in [7, 11) is 1.59. The molecule has 0 fully saturated rings. The van der Waals surface area contributed by atoms with E-state index < -0.39 is 11.8 Å². The number of benzene rings is 1. The molecule has 0 atom stereocenters.